The monoisotopic (exact) mass is 360 g/mol. The van der Waals surface area contributed by atoms with Crippen LogP contribution >= 0.6 is 23.2 Å². The fraction of sp³-hybridized carbons (Fsp3) is 0.125. The quantitative estimate of drug-likeness (QED) is 0.820. The van der Waals surface area contributed by atoms with E-state index in [-0.39, 0.29) is 33.5 Å². The number of nitriles is 1. The highest BCUT2D eigenvalue weighted by Gasteiger charge is 2.23. The summed E-state index contributed by atoms with van der Waals surface area (Å²) in [4.78, 5) is 18.9. The van der Waals surface area contributed by atoms with Gasteiger partial charge in [-0.25, -0.2) is 9.83 Å². The molecule has 0 aliphatic rings. The van der Waals surface area contributed by atoms with E-state index >= 15 is 0 Å². The lowest BCUT2D eigenvalue weighted by Crippen LogP contribution is -2.10. The van der Waals surface area contributed by atoms with E-state index in [0.29, 0.717) is 10.6 Å². The number of ether oxygens (including phenoxy) is 1. The van der Waals surface area contributed by atoms with Gasteiger partial charge >= 0.3 is 0 Å². The summed E-state index contributed by atoms with van der Waals surface area (Å²) in [6.07, 6.45) is 0. The molecule has 8 heteroatoms. The van der Waals surface area contributed by atoms with Gasteiger partial charge in [0.15, 0.2) is 5.82 Å². The smallest absolute Gasteiger partial charge is 0.256 e. The van der Waals surface area contributed by atoms with Crippen LogP contribution in [0.3, 0.4) is 0 Å². The van der Waals surface area contributed by atoms with E-state index < -0.39 is 5.91 Å². The largest absolute Gasteiger partial charge is 0.490 e. The van der Waals surface area contributed by atoms with Gasteiger partial charge in [-0.2, -0.15) is 5.26 Å². The third-order valence-electron chi connectivity index (χ3n) is 3.06. The molecule has 0 unspecified atom stereocenters. The van der Waals surface area contributed by atoms with Crippen LogP contribution in [0.2, 0.25) is 10.0 Å². The SMILES string of the molecule is [C-]#[N+]c1c(OC)nc(NC(C)=O)c(C#N)c1-c1ccc(Cl)c(Cl)c1. The van der Waals surface area contributed by atoms with E-state index in [2.05, 4.69) is 15.1 Å². The highest BCUT2D eigenvalue weighted by molar-refractivity contribution is 6.42. The lowest BCUT2D eigenvalue weighted by Gasteiger charge is -2.15. The highest BCUT2D eigenvalue weighted by atomic mass is 35.5. The van der Waals surface area contributed by atoms with Gasteiger partial charge in [-0.3, -0.25) is 4.79 Å². The molecule has 2 rings (SSSR count). The van der Waals surface area contributed by atoms with Gasteiger partial charge in [-0.15, -0.1) is 0 Å². The summed E-state index contributed by atoms with van der Waals surface area (Å²) in [5, 5.41) is 12.6. The zero-order valence-corrected chi connectivity index (χ0v) is 14.2. The van der Waals surface area contributed by atoms with Crippen LogP contribution in [0.4, 0.5) is 11.5 Å². The number of halogens is 2. The maximum atomic E-state index is 11.4. The summed E-state index contributed by atoms with van der Waals surface area (Å²) >= 11 is 12.0. The lowest BCUT2D eigenvalue weighted by atomic mass is 9.99. The Hall–Kier alpha value is -2.80. The van der Waals surface area contributed by atoms with Crippen LogP contribution in [0.1, 0.15) is 12.5 Å². The van der Waals surface area contributed by atoms with Crippen molar-refractivity contribution in [3.05, 3.63) is 45.2 Å². The molecule has 1 amide bonds. The van der Waals surface area contributed by atoms with Gasteiger partial charge in [0, 0.05) is 12.5 Å². The average Bonchev–Trinajstić information content (AvgIpc) is 2.55. The Morgan fingerprint density at radius 1 is 1.42 bits per heavy atom. The molecule has 0 aliphatic heterocycles. The molecule has 0 spiro atoms. The van der Waals surface area contributed by atoms with Crippen molar-refractivity contribution in [1.29, 1.82) is 5.26 Å². The molecule has 1 aromatic carbocycles. The Labute approximate surface area is 148 Å². The molecule has 0 radical (unpaired) electrons. The summed E-state index contributed by atoms with van der Waals surface area (Å²) in [6.45, 7) is 8.70. The van der Waals surface area contributed by atoms with E-state index in [9.17, 15) is 10.1 Å². The second kappa shape index (κ2) is 7.18. The van der Waals surface area contributed by atoms with E-state index in [1.807, 2.05) is 6.07 Å². The first kappa shape index (κ1) is 17.6. The molecule has 0 bridgehead atoms. The van der Waals surface area contributed by atoms with Gasteiger partial charge in [0.05, 0.1) is 29.3 Å². The van der Waals surface area contributed by atoms with Crippen LogP contribution in [0.5, 0.6) is 5.88 Å². The Morgan fingerprint density at radius 3 is 2.62 bits per heavy atom. The van der Waals surface area contributed by atoms with Gasteiger partial charge in [0.1, 0.15) is 6.07 Å². The topological polar surface area (TPSA) is 79.4 Å². The maximum Gasteiger partial charge on any atom is 0.256 e. The standard InChI is InChI=1S/C16H10Cl2N4O2/c1-8(23)21-15-10(7-19)13(14(20-2)16(22-15)24-3)9-4-5-11(17)12(18)6-9/h4-6H,1,3H3,(H,21,22,23). The number of nitrogens with one attached hydrogen (secondary N) is 1. The highest BCUT2D eigenvalue weighted by Crippen LogP contribution is 2.43. The molecule has 0 saturated carbocycles. The van der Waals surface area contributed by atoms with E-state index in [1.165, 1.54) is 20.1 Å². The maximum absolute atomic E-state index is 11.4. The molecule has 6 nitrogen and oxygen atoms in total. The number of methoxy groups -OCH3 is 1. The number of hydrogen-bond acceptors (Lipinski definition) is 4. The second-order valence-electron chi connectivity index (χ2n) is 4.60. The summed E-state index contributed by atoms with van der Waals surface area (Å²) in [6, 6.07) is 6.69. The van der Waals surface area contributed by atoms with Gasteiger partial charge < -0.3 is 10.1 Å². The van der Waals surface area contributed by atoms with Crippen molar-refractivity contribution in [3.63, 3.8) is 0 Å². The molecule has 0 aliphatic carbocycles. The average molecular weight is 361 g/mol. The van der Waals surface area contributed by atoms with Crippen molar-refractivity contribution < 1.29 is 9.53 Å². The van der Waals surface area contributed by atoms with E-state index in [0.717, 1.165) is 0 Å². The number of rotatable bonds is 3. The van der Waals surface area contributed by atoms with Crippen molar-refractivity contribution in [2.75, 3.05) is 12.4 Å². The lowest BCUT2D eigenvalue weighted by molar-refractivity contribution is -0.114. The van der Waals surface area contributed by atoms with E-state index in [4.69, 9.17) is 34.5 Å². The number of pyridine rings is 1. The molecule has 0 fully saturated rings. The minimum atomic E-state index is -0.406. The van der Waals surface area contributed by atoms with Crippen molar-refractivity contribution in [1.82, 2.24) is 4.98 Å². The number of hydrogen-bond donors (Lipinski definition) is 1. The molecule has 120 valence electrons. The third-order valence-corrected chi connectivity index (χ3v) is 3.80. The molecule has 1 N–H and O–H groups in total. The number of aromatic nitrogens is 1. The van der Waals surface area contributed by atoms with Crippen molar-refractivity contribution in [3.8, 4) is 23.1 Å². The van der Waals surface area contributed by atoms with Crippen LogP contribution in [0.15, 0.2) is 18.2 Å². The van der Waals surface area contributed by atoms with Crippen molar-refractivity contribution >= 4 is 40.6 Å². The normalized spacial score (nSPS) is 9.75. The Morgan fingerprint density at radius 2 is 2.12 bits per heavy atom. The second-order valence-corrected chi connectivity index (χ2v) is 5.42. The first-order chi connectivity index (χ1) is 11.4. The number of carbonyl (C=O) groups excluding carboxylic acids is 1. The summed E-state index contributed by atoms with van der Waals surface area (Å²) in [5.41, 5.74) is 0.831. The van der Waals surface area contributed by atoms with Gasteiger partial charge in [0.2, 0.25) is 11.8 Å². The predicted molar refractivity (Wildman–Crippen MR) is 91.5 cm³/mol. The molecule has 0 saturated heterocycles. The minimum Gasteiger partial charge on any atom is -0.490 e. The van der Waals surface area contributed by atoms with Crippen LogP contribution in [0.25, 0.3) is 16.0 Å². The first-order valence-electron chi connectivity index (χ1n) is 6.55. The number of anilines is 1. The zero-order chi connectivity index (χ0) is 17.9. The Bertz CT molecular complexity index is 914. The Kier molecular flexibility index (Phi) is 5.25. The van der Waals surface area contributed by atoms with Crippen molar-refractivity contribution in [2.45, 2.75) is 6.92 Å². The van der Waals surface area contributed by atoms with Crippen LogP contribution in [-0.4, -0.2) is 18.0 Å². The molecule has 24 heavy (non-hydrogen) atoms. The minimum absolute atomic E-state index is 0.00572. The number of carbonyl (C=O) groups is 1. The van der Waals surface area contributed by atoms with E-state index in [1.54, 1.807) is 12.1 Å². The zero-order valence-electron chi connectivity index (χ0n) is 12.6. The molecule has 2 aromatic rings. The molecule has 1 heterocycles. The summed E-state index contributed by atoms with van der Waals surface area (Å²) < 4.78 is 5.13. The number of amides is 1. The molecule has 1 aromatic heterocycles. The van der Waals surface area contributed by atoms with Gasteiger partial charge in [0.25, 0.3) is 5.69 Å². The predicted octanol–water partition coefficient (Wildman–Crippen LogP) is 4.44. The third kappa shape index (κ3) is 3.26. The van der Waals surface area contributed by atoms with Crippen LogP contribution in [-0.2, 0) is 4.79 Å². The van der Waals surface area contributed by atoms with Gasteiger partial charge in [-0.05, 0) is 17.7 Å². The summed E-state index contributed by atoms with van der Waals surface area (Å²) in [7, 11) is 1.35. The van der Waals surface area contributed by atoms with Crippen LogP contribution < -0.4 is 10.1 Å². The summed E-state index contributed by atoms with van der Waals surface area (Å²) in [5.74, 6) is -0.402. The fourth-order valence-corrected chi connectivity index (χ4v) is 2.40. The fourth-order valence-electron chi connectivity index (χ4n) is 2.10. The molecular formula is C16H10Cl2N4O2. The number of benzene rings is 1. The molecule has 0 atom stereocenters. The first-order valence-corrected chi connectivity index (χ1v) is 7.31. The Balaban J connectivity index is 2.89. The van der Waals surface area contributed by atoms with Crippen molar-refractivity contribution in [2.24, 2.45) is 0 Å². The molecular weight excluding hydrogens is 351 g/mol. The van der Waals surface area contributed by atoms with Gasteiger partial charge in [-0.1, -0.05) is 29.3 Å². The number of nitrogens with zero attached hydrogens (tertiary/aromatic N) is 3. The van der Waals surface area contributed by atoms with Crippen LogP contribution in [0, 0.1) is 17.9 Å².